The molecular formula is C14H11F4NO4. The summed E-state index contributed by atoms with van der Waals surface area (Å²) < 4.78 is 61.2. The van der Waals surface area contributed by atoms with E-state index in [1.165, 1.54) is 13.8 Å². The van der Waals surface area contributed by atoms with Gasteiger partial charge in [-0.25, -0.2) is 14.0 Å². The quantitative estimate of drug-likeness (QED) is 0.390. The van der Waals surface area contributed by atoms with E-state index in [2.05, 4.69) is 5.32 Å². The molecule has 1 aliphatic rings. The Morgan fingerprint density at radius 3 is 2.22 bits per heavy atom. The zero-order chi connectivity index (χ0) is 17.4. The number of esters is 2. The largest absolute Gasteiger partial charge is 0.419 e. The number of hydrogen-bond donors (Lipinski definition) is 1. The number of alkyl halides is 3. The smallest absolute Gasteiger partial charge is 0.419 e. The second kappa shape index (κ2) is 5.56. The minimum Gasteiger partial charge on any atom is -0.419 e. The van der Waals surface area contributed by atoms with Crippen LogP contribution < -0.4 is 5.32 Å². The lowest BCUT2D eigenvalue weighted by molar-refractivity contribution is -0.222. The molecule has 1 heterocycles. The van der Waals surface area contributed by atoms with Gasteiger partial charge < -0.3 is 14.8 Å². The highest BCUT2D eigenvalue weighted by Crippen LogP contribution is 2.34. The van der Waals surface area contributed by atoms with Crippen LogP contribution in [0.1, 0.15) is 19.4 Å². The molecule has 124 valence electrons. The van der Waals surface area contributed by atoms with Gasteiger partial charge in [-0.15, -0.1) is 0 Å². The van der Waals surface area contributed by atoms with Gasteiger partial charge in [-0.05, 0) is 12.1 Å². The second-order valence-electron chi connectivity index (χ2n) is 5.05. The van der Waals surface area contributed by atoms with Crippen LogP contribution in [-0.4, -0.2) is 17.7 Å². The molecule has 5 nitrogen and oxygen atoms in total. The minimum absolute atomic E-state index is 0.558. The first kappa shape index (κ1) is 16.8. The van der Waals surface area contributed by atoms with Crippen LogP contribution in [0.2, 0.25) is 0 Å². The van der Waals surface area contributed by atoms with Crippen LogP contribution >= 0.6 is 0 Å². The molecule has 0 radical (unpaired) electrons. The zero-order valence-corrected chi connectivity index (χ0v) is 12.0. The van der Waals surface area contributed by atoms with Crippen LogP contribution in [0.25, 0.3) is 0 Å². The third-order valence-electron chi connectivity index (χ3n) is 2.79. The van der Waals surface area contributed by atoms with Crippen molar-refractivity contribution in [3.63, 3.8) is 0 Å². The van der Waals surface area contributed by atoms with E-state index >= 15 is 0 Å². The summed E-state index contributed by atoms with van der Waals surface area (Å²) in [4.78, 5) is 23.3. The van der Waals surface area contributed by atoms with Crippen molar-refractivity contribution in [2.24, 2.45) is 0 Å². The molecule has 23 heavy (non-hydrogen) atoms. The van der Waals surface area contributed by atoms with E-state index in [0.717, 1.165) is 18.3 Å². The Kier molecular flexibility index (Phi) is 4.06. The van der Waals surface area contributed by atoms with Crippen LogP contribution in [0.3, 0.4) is 0 Å². The van der Waals surface area contributed by atoms with E-state index < -0.39 is 46.5 Å². The summed E-state index contributed by atoms with van der Waals surface area (Å²) in [7, 11) is 0. The average molecular weight is 333 g/mol. The van der Waals surface area contributed by atoms with Gasteiger partial charge in [0.1, 0.15) is 0 Å². The molecule has 9 heteroatoms. The minimum atomic E-state index is -4.87. The maximum absolute atomic E-state index is 13.8. The molecule has 0 aromatic heterocycles. The van der Waals surface area contributed by atoms with Gasteiger partial charge in [-0.1, -0.05) is 6.07 Å². The van der Waals surface area contributed by atoms with Gasteiger partial charge in [0.15, 0.2) is 11.4 Å². The molecule has 1 fully saturated rings. The molecular weight excluding hydrogens is 322 g/mol. The number of ether oxygens (including phenoxy) is 2. The van der Waals surface area contributed by atoms with E-state index in [4.69, 9.17) is 9.47 Å². The molecule has 2 rings (SSSR count). The molecule has 0 bridgehead atoms. The number of anilines is 1. The lowest BCUT2D eigenvalue weighted by Crippen LogP contribution is -2.42. The molecule has 0 spiro atoms. The number of benzene rings is 1. The normalized spacial score (nSPS) is 17.4. The van der Waals surface area contributed by atoms with Crippen LogP contribution in [0.4, 0.5) is 23.2 Å². The lowest BCUT2D eigenvalue weighted by Gasteiger charge is -2.29. The number of carbonyl (C=O) groups is 2. The zero-order valence-electron chi connectivity index (χ0n) is 12.0. The van der Waals surface area contributed by atoms with Gasteiger partial charge in [0, 0.05) is 20.0 Å². The molecule has 1 aromatic rings. The fourth-order valence-corrected chi connectivity index (χ4v) is 1.79. The van der Waals surface area contributed by atoms with Crippen molar-refractivity contribution in [1.82, 2.24) is 0 Å². The van der Waals surface area contributed by atoms with Crippen molar-refractivity contribution in [3.05, 3.63) is 41.4 Å². The monoisotopic (exact) mass is 333 g/mol. The highest BCUT2D eigenvalue weighted by Gasteiger charge is 2.39. The fourth-order valence-electron chi connectivity index (χ4n) is 1.79. The Hall–Kier alpha value is -2.58. The van der Waals surface area contributed by atoms with E-state index in [1.807, 2.05) is 0 Å². The first-order valence-electron chi connectivity index (χ1n) is 6.30. The maximum atomic E-state index is 13.8. The Morgan fingerprint density at radius 1 is 1.13 bits per heavy atom. The number of rotatable bonds is 2. The number of nitrogens with one attached hydrogen (secondary N) is 1. The van der Waals surface area contributed by atoms with Crippen molar-refractivity contribution in [2.75, 3.05) is 5.32 Å². The summed E-state index contributed by atoms with van der Waals surface area (Å²) in [6.07, 6.45) is -4.14. The van der Waals surface area contributed by atoms with E-state index in [9.17, 15) is 27.2 Å². The second-order valence-corrected chi connectivity index (χ2v) is 5.05. The Balaban J connectivity index is 2.27. The molecule has 1 aromatic carbocycles. The van der Waals surface area contributed by atoms with Crippen molar-refractivity contribution in [2.45, 2.75) is 25.8 Å². The standard InChI is InChI=1S/C14H11F4NO4/c1-13(2)22-11(20)7(12(21)23-13)6-19-9-5-3-4-8(10(9)15)14(16,17)18/h3-6,19H,1-2H3. The maximum Gasteiger partial charge on any atom is 0.419 e. The van der Waals surface area contributed by atoms with Crippen LogP contribution in [0.5, 0.6) is 0 Å². The van der Waals surface area contributed by atoms with Gasteiger partial charge in [0.05, 0.1) is 11.3 Å². The Labute approximate surface area is 127 Å². The topological polar surface area (TPSA) is 64.6 Å². The van der Waals surface area contributed by atoms with Crippen molar-refractivity contribution in [1.29, 1.82) is 0 Å². The molecule has 0 unspecified atom stereocenters. The summed E-state index contributed by atoms with van der Waals surface area (Å²) in [5.74, 6) is -5.08. The number of halogens is 4. The molecule has 1 aliphatic heterocycles. The van der Waals surface area contributed by atoms with Crippen LogP contribution in [-0.2, 0) is 25.2 Å². The first-order valence-corrected chi connectivity index (χ1v) is 6.30. The van der Waals surface area contributed by atoms with Gasteiger partial charge in [-0.3, -0.25) is 0 Å². The Bertz CT molecular complexity index is 673. The molecule has 0 atom stereocenters. The van der Waals surface area contributed by atoms with Gasteiger partial charge in [0.25, 0.3) is 5.79 Å². The predicted octanol–water partition coefficient (Wildman–Crippen LogP) is 2.98. The molecule has 0 saturated carbocycles. The molecule has 1 N–H and O–H groups in total. The van der Waals surface area contributed by atoms with Crippen molar-refractivity contribution in [3.8, 4) is 0 Å². The predicted molar refractivity (Wildman–Crippen MR) is 69.4 cm³/mol. The average Bonchev–Trinajstić information content (AvgIpc) is 2.36. The van der Waals surface area contributed by atoms with E-state index in [-0.39, 0.29) is 0 Å². The lowest BCUT2D eigenvalue weighted by atomic mass is 10.1. The fraction of sp³-hybridized carbons (Fsp3) is 0.286. The van der Waals surface area contributed by atoms with Crippen LogP contribution in [0, 0.1) is 5.82 Å². The summed E-state index contributed by atoms with van der Waals surface area (Å²) in [5, 5.41) is 2.14. The molecule has 0 aliphatic carbocycles. The third-order valence-corrected chi connectivity index (χ3v) is 2.79. The van der Waals surface area contributed by atoms with E-state index in [0.29, 0.717) is 6.07 Å². The highest BCUT2D eigenvalue weighted by atomic mass is 19.4. The summed E-state index contributed by atoms with van der Waals surface area (Å²) in [6.45, 7) is 2.67. The molecule has 0 amide bonds. The van der Waals surface area contributed by atoms with Gasteiger partial charge >= 0.3 is 18.1 Å². The number of carbonyl (C=O) groups excluding carboxylic acids is 2. The summed E-state index contributed by atoms with van der Waals surface area (Å²) >= 11 is 0. The summed E-state index contributed by atoms with van der Waals surface area (Å²) in [5.41, 5.74) is -2.63. The van der Waals surface area contributed by atoms with Gasteiger partial charge in [0.2, 0.25) is 0 Å². The Morgan fingerprint density at radius 2 is 1.70 bits per heavy atom. The number of hydrogen-bond acceptors (Lipinski definition) is 5. The van der Waals surface area contributed by atoms with Crippen LogP contribution in [0.15, 0.2) is 30.0 Å². The number of cyclic esters (lactones) is 2. The summed E-state index contributed by atoms with van der Waals surface area (Å²) in [6, 6.07) is 2.57. The molecule has 1 saturated heterocycles. The third kappa shape index (κ3) is 3.61. The highest BCUT2D eigenvalue weighted by molar-refractivity contribution is 6.15. The van der Waals surface area contributed by atoms with Crippen molar-refractivity contribution < 1.29 is 36.6 Å². The van der Waals surface area contributed by atoms with Gasteiger partial charge in [-0.2, -0.15) is 13.2 Å². The van der Waals surface area contributed by atoms with E-state index in [1.54, 1.807) is 0 Å². The van der Waals surface area contributed by atoms with Crippen molar-refractivity contribution >= 4 is 17.6 Å². The SMILES string of the molecule is CC1(C)OC(=O)C(=CNc2cccc(C(F)(F)F)c2F)C(=O)O1. The first-order chi connectivity index (χ1) is 10.5.